The first-order valence-electron chi connectivity index (χ1n) is 6.22. The van der Waals surface area contributed by atoms with Gasteiger partial charge in [-0.3, -0.25) is 0 Å². The molecule has 0 aromatic heterocycles. The molecule has 0 amide bonds. The maximum Gasteiger partial charge on any atom is 0.159 e. The Labute approximate surface area is 129 Å². The zero-order valence-corrected chi connectivity index (χ0v) is 13.3. The molecule has 0 heterocycles. The molecule has 0 fully saturated rings. The Morgan fingerprint density at radius 1 is 1.10 bits per heavy atom. The standard InChI is InChI=1S/C15H14BrF2NS/c1-2-19-9-10-7-11(16)3-6-15(10)20-12-4-5-13(17)14(18)8-12/h3-8,19H,2,9H2,1H3. The van der Waals surface area contributed by atoms with E-state index in [4.69, 9.17) is 0 Å². The highest BCUT2D eigenvalue weighted by Crippen LogP contribution is 2.32. The smallest absolute Gasteiger partial charge is 0.159 e. The summed E-state index contributed by atoms with van der Waals surface area (Å²) < 4.78 is 27.2. The van der Waals surface area contributed by atoms with Gasteiger partial charge in [0.05, 0.1) is 0 Å². The van der Waals surface area contributed by atoms with Crippen molar-refractivity contribution in [3.05, 3.63) is 58.1 Å². The molecule has 0 atom stereocenters. The fourth-order valence-electron chi connectivity index (χ4n) is 1.71. The fourth-order valence-corrected chi connectivity index (χ4v) is 3.07. The van der Waals surface area contributed by atoms with Gasteiger partial charge in [0.15, 0.2) is 11.6 Å². The summed E-state index contributed by atoms with van der Waals surface area (Å²) in [4.78, 5) is 1.71. The van der Waals surface area contributed by atoms with Crippen molar-refractivity contribution in [2.24, 2.45) is 0 Å². The van der Waals surface area contributed by atoms with Crippen LogP contribution in [0.3, 0.4) is 0 Å². The Bertz CT molecular complexity index is 604. The molecule has 0 aliphatic rings. The highest BCUT2D eigenvalue weighted by molar-refractivity contribution is 9.10. The highest BCUT2D eigenvalue weighted by atomic mass is 79.9. The van der Waals surface area contributed by atoms with E-state index in [1.165, 1.54) is 17.8 Å². The summed E-state index contributed by atoms with van der Waals surface area (Å²) in [6.07, 6.45) is 0. The number of hydrogen-bond donors (Lipinski definition) is 1. The average Bonchev–Trinajstić information content (AvgIpc) is 2.43. The molecular weight excluding hydrogens is 344 g/mol. The minimum absolute atomic E-state index is 0.684. The number of nitrogens with one attached hydrogen (secondary N) is 1. The summed E-state index contributed by atoms with van der Waals surface area (Å²) in [6.45, 7) is 3.66. The molecular formula is C15H14BrF2NS. The lowest BCUT2D eigenvalue weighted by molar-refractivity contribution is 0.506. The summed E-state index contributed by atoms with van der Waals surface area (Å²) >= 11 is 4.88. The van der Waals surface area contributed by atoms with Gasteiger partial charge in [0, 0.05) is 20.8 Å². The molecule has 2 aromatic rings. The highest BCUT2D eigenvalue weighted by Gasteiger charge is 2.08. The molecule has 20 heavy (non-hydrogen) atoms. The Morgan fingerprint density at radius 3 is 2.60 bits per heavy atom. The van der Waals surface area contributed by atoms with Crippen molar-refractivity contribution in [1.29, 1.82) is 0 Å². The van der Waals surface area contributed by atoms with Gasteiger partial charge in [-0.05, 0) is 48.5 Å². The first kappa shape index (κ1) is 15.5. The Morgan fingerprint density at radius 2 is 1.90 bits per heavy atom. The van der Waals surface area contributed by atoms with Crippen molar-refractivity contribution in [1.82, 2.24) is 5.32 Å². The molecule has 1 N–H and O–H groups in total. The third kappa shape index (κ3) is 4.04. The summed E-state index contributed by atoms with van der Waals surface area (Å²) in [5, 5.41) is 3.27. The summed E-state index contributed by atoms with van der Waals surface area (Å²) in [6, 6.07) is 9.91. The van der Waals surface area contributed by atoms with E-state index in [9.17, 15) is 8.78 Å². The van der Waals surface area contributed by atoms with Crippen LogP contribution < -0.4 is 5.32 Å². The number of benzene rings is 2. The van der Waals surface area contributed by atoms with Crippen molar-refractivity contribution < 1.29 is 8.78 Å². The molecule has 1 nitrogen and oxygen atoms in total. The van der Waals surface area contributed by atoms with E-state index < -0.39 is 11.6 Å². The molecule has 0 spiro atoms. The second-order valence-corrected chi connectivity index (χ2v) is 6.24. The van der Waals surface area contributed by atoms with Crippen LogP contribution in [0, 0.1) is 11.6 Å². The number of rotatable bonds is 5. The van der Waals surface area contributed by atoms with Crippen LogP contribution in [0.15, 0.2) is 50.7 Å². The Kier molecular flexibility index (Phi) is 5.57. The van der Waals surface area contributed by atoms with E-state index in [0.29, 0.717) is 4.90 Å². The van der Waals surface area contributed by atoms with Gasteiger partial charge >= 0.3 is 0 Å². The van der Waals surface area contributed by atoms with Gasteiger partial charge in [-0.1, -0.05) is 34.6 Å². The predicted octanol–water partition coefficient (Wildman–Crippen LogP) is 4.99. The molecule has 0 radical (unpaired) electrons. The molecule has 2 aromatic carbocycles. The van der Waals surface area contributed by atoms with E-state index in [-0.39, 0.29) is 0 Å². The minimum atomic E-state index is -0.821. The van der Waals surface area contributed by atoms with Crippen molar-refractivity contribution in [2.45, 2.75) is 23.3 Å². The van der Waals surface area contributed by atoms with Crippen LogP contribution in [0.1, 0.15) is 12.5 Å². The topological polar surface area (TPSA) is 12.0 Å². The van der Waals surface area contributed by atoms with E-state index in [1.54, 1.807) is 6.07 Å². The quantitative estimate of drug-likeness (QED) is 0.808. The van der Waals surface area contributed by atoms with E-state index in [1.807, 2.05) is 25.1 Å². The predicted molar refractivity (Wildman–Crippen MR) is 82.0 cm³/mol. The molecule has 2 rings (SSSR count). The molecule has 0 aliphatic heterocycles. The van der Waals surface area contributed by atoms with Gasteiger partial charge in [0.1, 0.15) is 0 Å². The van der Waals surface area contributed by atoms with Crippen molar-refractivity contribution in [3.63, 3.8) is 0 Å². The third-order valence-electron chi connectivity index (χ3n) is 2.71. The van der Waals surface area contributed by atoms with Gasteiger partial charge < -0.3 is 5.32 Å². The van der Waals surface area contributed by atoms with Crippen LogP contribution in [-0.2, 0) is 6.54 Å². The summed E-state index contributed by atoms with van der Waals surface area (Å²) in [5.41, 5.74) is 1.12. The third-order valence-corrected chi connectivity index (χ3v) is 4.31. The van der Waals surface area contributed by atoms with Crippen LogP contribution >= 0.6 is 27.7 Å². The minimum Gasteiger partial charge on any atom is -0.313 e. The van der Waals surface area contributed by atoms with E-state index in [0.717, 1.165) is 34.1 Å². The summed E-state index contributed by atoms with van der Waals surface area (Å²) in [5.74, 6) is -1.64. The second-order valence-electron chi connectivity index (χ2n) is 4.21. The zero-order chi connectivity index (χ0) is 14.5. The van der Waals surface area contributed by atoms with Gasteiger partial charge in [-0.25, -0.2) is 8.78 Å². The van der Waals surface area contributed by atoms with Crippen molar-refractivity contribution in [3.8, 4) is 0 Å². The SMILES string of the molecule is CCNCc1cc(Br)ccc1Sc1ccc(F)c(F)c1. The monoisotopic (exact) mass is 357 g/mol. The van der Waals surface area contributed by atoms with Crippen LogP contribution in [-0.4, -0.2) is 6.54 Å². The molecule has 0 saturated carbocycles. The fraction of sp³-hybridized carbons (Fsp3) is 0.200. The van der Waals surface area contributed by atoms with E-state index in [2.05, 4.69) is 21.2 Å². The molecule has 5 heteroatoms. The molecule has 0 aliphatic carbocycles. The normalized spacial score (nSPS) is 10.8. The van der Waals surface area contributed by atoms with Crippen LogP contribution in [0.25, 0.3) is 0 Å². The maximum atomic E-state index is 13.2. The van der Waals surface area contributed by atoms with Crippen LogP contribution in [0.4, 0.5) is 8.78 Å². The van der Waals surface area contributed by atoms with Crippen molar-refractivity contribution in [2.75, 3.05) is 6.54 Å². The number of halogens is 3. The first-order chi connectivity index (χ1) is 9.60. The maximum absolute atomic E-state index is 13.2. The lowest BCUT2D eigenvalue weighted by atomic mass is 10.2. The Hall–Kier alpha value is -0.910. The van der Waals surface area contributed by atoms with Crippen molar-refractivity contribution >= 4 is 27.7 Å². The molecule has 0 saturated heterocycles. The largest absolute Gasteiger partial charge is 0.313 e. The van der Waals surface area contributed by atoms with E-state index >= 15 is 0 Å². The lowest BCUT2D eigenvalue weighted by Crippen LogP contribution is -2.12. The van der Waals surface area contributed by atoms with Crippen LogP contribution in [0.2, 0.25) is 0 Å². The van der Waals surface area contributed by atoms with Crippen LogP contribution in [0.5, 0.6) is 0 Å². The Balaban J connectivity index is 2.25. The van der Waals surface area contributed by atoms with Gasteiger partial charge in [-0.15, -0.1) is 0 Å². The molecule has 106 valence electrons. The summed E-state index contributed by atoms with van der Waals surface area (Å²) in [7, 11) is 0. The molecule has 0 unspecified atom stereocenters. The zero-order valence-electron chi connectivity index (χ0n) is 10.9. The first-order valence-corrected chi connectivity index (χ1v) is 7.83. The molecule has 0 bridgehead atoms. The second kappa shape index (κ2) is 7.20. The lowest BCUT2D eigenvalue weighted by Gasteiger charge is -2.10. The van der Waals surface area contributed by atoms with Gasteiger partial charge in [-0.2, -0.15) is 0 Å². The van der Waals surface area contributed by atoms with Gasteiger partial charge in [0.25, 0.3) is 0 Å². The average molecular weight is 358 g/mol. The number of hydrogen-bond acceptors (Lipinski definition) is 2. The van der Waals surface area contributed by atoms with Gasteiger partial charge in [0.2, 0.25) is 0 Å².